The van der Waals surface area contributed by atoms with E-state index in [4.69, 9.17) is 10.8 Å². The Morgan fingerprint density at radius 2 is 2.03 bits per heavy atom. The molecule has 2 aromatic heterocycles. The molecule has 30 heavy (non-hydrogen) atoms. The molecule has 1 atom stereocenters. The number of nitrogens with zero attached hydrogens (tertiary/aromatic N) is 6. The molecule has 4 rings (SSSR count). The van der Waals surface area contributed by atoms with Gasteiger partial charge in [0, 0.05) is 31.3 Å². The Kier molecular flexibility index (Phi) is 5.50. The van der Waals surface area contributed by atoms with Crippen molar-refractivity contribution >= 4 is 22.8 Å². The summed E-state index contributed by atoms with van der Waals surface area (Å²) >= 11 is 0. The fraction of sp³-hybridized carbons (Fsp3) is 0.364. The Bertz CT molecular complexity index is 1080. The van der Waals surface area contributed by atoms with Crippen molar-refractivity contribution in [2.75, 3.05) is 39.5 Å². The molecular weight excluding hydrogens is 378 g/mol. The summed E-state index contributed by atoms with van der Waals surface area (Å²) in [5.74, 6) is 0.447. The minimum Gasteiger partial charge on any atom is -0.383 e. The van der Waals surface area contributed by atoms with E-state index in [2.05, 4.69) is 29.0 Å². The molecule has 8 heteroatoms. The number of aromatic nitrogens is 4. The molecule has 0 radical (unpaired) electrons. The van der Waals surface area contributed by atoms with Gasteiger partial charge < -0.3 is 15.5 Å². The summed E-state index contributed by atoms with van der Waals surface area (Å²) in [7, 11) is 3.95. The van der Waals surface area contributed by atoms with Crippen molar-refractivity contribution in [3.63, 3.8) is 0 Å². The maximum absolute atomic E-state index is 12.5. The average Bonchev–Trinajstić information content (AvgIpc) is 3.34. The van der Waals surface area contributed by atoms with Gasteiger partial charge >= 0.3 is 0 Å². The molecule has 2 N–H and O–H groups in total. The van der Waals surface area contributed by atoms with E-state index in [0.717, 1.165) is 29.6 Å². The van der Waals surface area contributed by atoms with Crippen LogP contribution in [-0.2, 0) is 4.79 Å². The second-order valence-electron chi connectivity index (χ2n) is 8.01. The Morgan fingerprint density at radius 1 is 1.27 bits per heavy atom. The molecule has 0 bridgehead atoms. The number of rotatable bonds is 5. The first kappa shape index (κ1) is 20.0. The van der Waals surface area contributed by atoms with Gasteiger partial charge in [-0.05, 0) is 27.4 Å². The van der Waals surface area contributed by atoms with Gasteiger partial charge in [0.2, 0.25) is 5.91 Å². The number of carbonyl (C=O) groups excluding carboxylic acids is 1. The van der Waals surface area contributed by atoms with E-state index in [-0.39, 0.29) is 11.9 Å². The van der Waals surface area contributed by atoms with Crippen molar-refractivity contribution in [1.29, 1.82) is 0 Å². The molecule has 1 aromatic carbocycles. The van der Waals surface area contributed by atoms with Crippen molar-refractivity contribution in [2.24, 2.45) is 0 Å². The first-order valence-corrected chi connectivity index (χ1v) is 10.1. The maximum Gasteiger partial charge on any atom is 0.246 e. The molecular formula is C22H27N7O. The topological polar surface area (TPSA) is 93.2 Å². The van der Waals surface area contributed by atoms with Crippen LogP contribution in [0.2, 0.25) is 0 Å². The first-order chi connectivity index (χ1) is 14.4. The highest BCUT2D eigenvalue weighted by molar-refractivity contribution is 5.98. The number of aryl methyl sites for hydroxylation is 1. The van der Waals surface area contributed by atoms with E-state index in [1.165, 1.54) is 11.9 Å². The number of likely N-dealkylation sites (N-methyl/N-ethyl adjacent to an activating group) is 1. The van der Waals surface area contributed by atoms with Gasteiger partial charge in [0.1, 0.15) is 17.8 Å². The van der Waals surface area contributed by atoms with Gasteiger partial charge in [-0.3, -0.25) is 4.79 Å². The van der Waals surface area contributed by atoms with Crippen molar-refractivity contribution in [3.05, 3.63) is 48.3 Å². The van der Waals surface area contributed by atoms with Crippen LogP contribution in [0.5, 0.6) is 0 Å². The maximum atomic E-state index is 12.5. The third-order valence-corrected chi connectivity index (χ3v) is 5.40. The lowest BCUT2D eigenvalue weighted by Crippen LogP contribution is -2.28. The first-order valence-electron chi connectivity index (χ1n) is 10.1. The van der Waals surface area contributed by atoms with E-state index in [1.807, 2.05) is 46.8 Å². The zero-order valence-electron chi connectivity index (χ0n) is 17.6. The third-order valence-electron chi connectivity index (χ3n) is 5.40. The molecule has 1 saturated heterocycles. The van der Waals surface area contributed by atoms with Crippen LogP contribution < -0.4 is 5.73 Å². The van der Waals surface area contributed by atoms with E-state index in [1.54, 1.807) is 6.08 Å². The minimum atomic E-state index is 0.0312. The summed E-state index contributed by atoms with van der Waals surface area (Å²) in [6.45, 7) is 4.08. The molecule has 0 spiro atoms. The van der Waals surface area contributed by atoms with Crippen LogP contribution in [-0.4, -0.2) is 69.2 Å². The van der Waals surface area contributed by atoms with Crippen molar-refractivity contribution in [3.8, 4) is 11.3 Å². The Morgan fingerprint density at radius 3 is 2.77 bits per heavy atom. The van der Waals surface area contributed by atoms with Crippen LogP contribution in [0.1, 0.15) is 18.0 Å². The lowest BCUT2D eigenvalue weighted by atomic mass is 10.1. The zero-order chi connectivity index (χ0) is 21.3. The molecule has 1 amide bonds. The summed E-state index contributed by atoms with van der Waals surface area (Å²) in [6.07, 6.45) is 5.84. The molecule has 1 unspecified atom stereocenters. The van der Waals surface area contributed by atoms with Crippen LogP contribution in [0, 0.1) is 6.92 Å². The number of amides is 1. The summed E-state index contributed by atoms with van der Waals surface area (Å²) in [4.78, 5) is 25.1. The van der Waals surface area contributed by atoms with Gasteiger partial charge in [0.25, 0.3) is 0 Å². The highest BCUT2D eigenvalue weighted by Gasteiger charge is 2.30. The summed E-state index contributed by atoms with van der Waals surface area (Å²) in [5.41, 5.74) is 9.85. The highest BCUT2D eigenvalue weighted by atomic mass is 16.2. The fourth-order valence-corrected chi connectivity index (χ4v) is 3.77. The molecule has 8 nitrogen and oxygen atoms in total. The molecule has 0 saturated carbocycles. The number of hydrogen-bond donors (Lipinski definition) is 1. The summed E-state index contributed by atoms with van der Waals surface area (Å²) in [5, 5.41) is 5.64. The number of fused-ring (bicyclic) bond motifs is 1. The number of nitrogens with two attached hydrogens (primary N) is 1. The monoisotopic (exact) mass is 405 g/mol. The SMILES string of the molecule is Cc1ccc(-c2nn(C3CCN(C(=O)C=CCN(C)C)C3)c3ncnc(N)c23)cc1. The Balaban J connectivity index is 1.64. The Hall–Kier alpha value is -3.26. The predicted octanol–water partition coefficient (Wildman–Crippen LogP) is 2.28. The van der Waals surface area contributed by atoms with E-state index in [0.29, 0.717) is 24.6 Å². The second kappa shape index (κ2) is 8.23. The molecule has 3 aromatic rings. The molecule has 0 aliphatic carbocycles. The molecule has 156 valence electrons. The van der Waals surface area contributed by atoms with E-state index >= 15 is 0 Å². The molecule has 3 heterocycles. The number of nitrogen functional groups attached to an aromatic ring is 1. The minimum absolute atomic E-state index is 0.0312. The number of benzene rings is 1. The third kappa shape index (κ3) is 3.91. The average molecular weight is 406 g/mol. The van der Waals surface area contributed by atoms with E-state index in [9.17, 15) is 4.79 Å². The summed E-state index contributed by atoms with van der Waals surface area (Å²) in [6, 6.07) is 8.22. The van der Waals surface area contributed by atoms with Crippen molar-refractivity contribution in [1.82, 2.24) is 29.5 Å². The normalized spacial score (nSPS) is 16.9. The number of hydrogen-bond acceptors (Lipinski definition) is 6. The van der Waals surface area contributed by atoms with Crippen molar-refractivity contribution < 1.29 is 4.79 Å². The lowest BCUT2D eigenvalue weighted by molar-refractivity contribution is -0.125. The van der Waals surface area contributed by atoms with Gasteiger partial charge in [0.05, 0.1) is 11.4 Å². The van der Waals surface area contributed by atoms with Gasteiger partial charge in [0.15, 0.2) is 5.65 Å². The van der Waals surface area contributed by atoms with Crippen LogP contribution in [0.25, 0.3) is 22.3 Å². The molecule has 1 aliphatic heterocycles. The Labute approximate surface area is 176 Å². The zero-order valence-corrected chi connectivity index (χ0v) is 17.6. The fourth-order valence-electron chi connectivity index (χ4n) is 3.77. The van der Waals surface area contributed by atoms with Crippen LogP contribution in [0.3, 0.4) is 0 Å². The van der Waals surface area contributed by atoms with Gasteiger partial charge in [-0.15, -0.1) is 0 Å². The quantitative estimate of drug-likeness (QED) is 0.655. The molecule has 1 fully saturated rings. The summed E-state index contributed by atoms with van der Waals surface area (Å²) < 4.78 is 1.92. The van der Waals surface area contributed by atoms with Crippen LogP contribution in [0.4, 0.5) is 5.82 Å². The van der Waals surface area contributed by atoms with Gasteiger partial charge in [-0.1, -0.05) is 35.9 Å². The molecule has 1 aliphatic rings. The standard InChI is InChI=1S/C22H27N7O/c1-15-6-8-16(9-7-15)20-19-21(23)24-14-25-22(19)29(26-20)17-10-12-28(13-17)18(30)5-4-11-27(2)3/h4-9,14,17H,10-13H2,1-3H3,(H2,23,24,25). The van der Waals surface area contributed by atoms with Gasteiger partial charge in [-0.25, -0.2) is 14.6 Å². The lowest BCUT2D eigenvalue weighted by Gasteiger charge is -2.15. The van der Waals surface area contributed by atoms with Crippen LogP contribution in [0.15, 0.2) is 42.7 Å². The largest absolute Gasteiger partial charge is 0.383 e. The number of likely N-dealkylation sites (tertiary alicyclic amines) is 1. The second-order valence-corrected chi connectivity index (χ2v) is 8.01. The number of carbonyl (C=O) groups is 1. The van der Waals surface area contributed by atoms with Crippen LogP contribution >= 0.6 is 0 Å². The number of anilines is 1. The highest BCUT2D eigenvalue weighted by Crippen LogP contribution is 2.33. The van der Waals surface area contributed by atoms with Crippen molar-refractivity contribution in [2.45, 2.75) is 19.4 Å². The predicted molar refractivity (Wildman–Crippen MR) is 118 cm³/mol. The van der Waals surface area contributed by atoms with E-state index < -0.39 is 0 Å². The van der Waals surface area contributed by atoms with Gasteiger partial charge in [-0.2, -0.15) is 5.10 Å². The smallest absolute Gasteiger partial charge is 0.246 e.